The van der Waals surface area contributed by atoms with Gasteiger partial charge in [0, 0.05) is 6.92 Å². The van der Waals surface area contributed by atoms with Crippen LogP contribution < -0.4 is 10.3 Å². The molecule has 1 aromatic heterocycles. The first kappa shape index (κ1) is 12.0. The van der Waals surface area contributed by atoms with Gasteiger partial charge in [0.05, 0.1) is 7.11 Å². The van der Waals surface area contributed by atoms with E-state index in [9.17, 15) is 14.4 Å². The van der Waals surface area contributed by atoms with Crippen molar-refractivity contribution in [3.63, 3.8) is 0 Å². The molecule has 2 amide bonds. The van der Waals surface area contributed by atoms with Gasteiger partial charge < -0.3 is 10.1 Å². The van der Waals surface area contributed by atoms with Gasteiger partial charge in [-0.3, -0.25) is 9.59 Å². The fourth-order valence-corrected chi connectivity index (χ4v) is 1.66. The number of β-lactam (4-membered cyclic amide) rings is 1. The maximum atomic E-state index is 11.6. The summed E-state index contributed by atoms with van der Waals surface area (Å²) in [5.74, 6) is -1.59. The van der Waals surface area contributed by atoms with E-state index < -0.39 is 29.9 Å². The predicted molar refractivity (Wildman–Crippen MR) is 54.4 cm³/mol. The Morgan fingerprint density at radius 2 is 2.28 bits per heavy atom. The number of methoxy groups -OCH3 is 1. The number of esters is 1. The standard InChI is InChI=1S/C8H10N6O4/c1-4(15)14(13-3-9-11-12-13)6-5(8(17)18-2)10-7(6)16/h3,5-6H,1-2H3,(H,10,16)/t5-,6-/m0/s1. The molecular weight excluding hydrogens is 244 g/mol. The third-order valence-electron chi connectivity index (χ3n) is 2.48. The average Bonchev–Trinajstić information content (AvgIpc) is 2.84. The molecule has 1 N–H and O–H groups in total. The van der Waals surface area contributed by atoms with Crippen molar-refractivity contribution in [2.75, 3.05) is 12.1 Å². The molecule has 96 valence electrons. The van der Waals surface area contributed by atoms with Gasteiger partial charge in [-0.05, 0) is 10.4 Å². The van der Waals surface area contributed by atoms with E-state index >= 15 is 0 Å². The maximum Gasteiger partial charge on any atom is 0.331 e. The van der Waals surface area contributed by atoms with Gasteiger partial charge >= 0.3 is 5.97 Å². The summed E-state index contributed by atoms with van der Waals surface area (Å²) in [6.07, 6.45) is 1.15. The van der Waals surface area contributed by atoms with Crippen LogP contribution in [0, 0.1) is 0 Å². The summed E-state index contributed by atoms with van der Waals surface area (Å²) in [7, 11) is 1.19. The zero-order chi connectivity index (χ0) is 13.3. The Morgan fingerprint density at radius 1 is 1.56 bits per heavy atom. The second-order valence-corrected chi connectivity index (χ2v) is 3.55. The van der Waals surface area contributed by atoms with Gasteiger partial charge in [0.25, 0.3) is 0 Å². The smallest absolute Gasteiger partial charge is 0.331 e. The number of aromatic nitrogens is 4. The first-order valence-electron chi connectivity index (χ1n) is 4.97. The number of ether oxygens (including phenoxy) is 1. The molecule has 18 heavy (non-hydrogen) atoms. The molecule has 1 fully saturated rings. The number of amides is 2. The number of nitrogens with one attached hydrogen (secondary N) is 1. The SMILES string of the molecule is COC(=O)[C@H]1NC(=O)[C@H]1N(C(C)=O)n1cnnn1. The minimum Gasteiger partial charge on any atom is -0.467 e. The van der Waals surface area contributed by atoms with Crippen LogP contribution in [0.15, 0.2) is 6.33 Å². The van der Waals surface area contributed by atoms with Crippen LogP contribution >= 0.6 is 0 Å². The number of rotatable bonds is 3. The van der Waals surface area contributed by atoms with Crippen LogP contribution in [0.1, 0.15) is 6.92 Å². The number of carbonyl (C=O) groups excluding carboxylic acids is 3. The van der Waals surface area contributed by atoms with Crippen LogP contribution in [0.5, 0.6) is 0 Å². The lowest BCUT2D eigenvalue weighted by atomic mass is 9.98. The normalized spacial score (nSPS) is 21.8. The van der Waals surface area contributed by atoms with Gasteiger partial charge in [0.2, 0.25) is 11.8 Å². The lowest BCUT2D eigenvalue weighted by Crippen LogP contribution is -2.75. The third-order valence-corrected chi connectivity index (χ3v) is 2.48. The van der Waals surface area contributed by atoms with E-state index in [1.54, 1.807) is 0 Å². The zero-order valence-electron chi connectivity index (χ0n) is 9.60. The van der Waals surface area contributed by atoms with Crippen molar-refractivity contribution in [3.8, 4) is 0 Å². The van der Waals surface area contributed by atoms with Crippen molar-refractivity contribution < 1.29 is 19.1 Å². The first-order chi connectivity index (χ1) is 8.56. The topological polar surface area (TPSA) is 119 Å². The van der Waals surface area contributed by atoms with Crippen LogP contribution in [0.25, 0.3) is 0 Å². The maximum absolute atomic E-state index is 11.6. The lowest BCUT2D eigenvalue weighted by Gasteiger charge is -2.40. The molecule has 1 saturated heterocycles. The van der Waals surface area contributed by atoms with Gasteiger partial charge in [0.15, 0.2) is 18.4 Å². The molecule has 0 radical (unpaired) electrons. The van der Waals surface area contributed by atoms with Crippen LogP contribution in [0.2, 0.25) is 0 Å². The highest BCUT2D eigenvalue weighted by atomic mass is 16.5. The monoisotopic (exact) mass is 254 g/mol. The van der Waals surface area contributed by atoms with Crippen molar-refractivity contribution in [1.82, 2.24) is 25.6 Å². The third kappa shape index (κ3) is 1.77. The van der Waals surface area contributed by atoms with Gasteiger partial charge in [-0.25, -0.2) is 9.80 Å². The summed E-state index contributed by atoms with van der Waals surface area (Å²) in [6.45, 7) is 1.24. The summed E-state index contributed by atoms with van der Waals surface area (Å²) in [4.78, 5) is 35.5. The van der Waals surface area contributed by atoms with E-state index in [-0.39, 0.29) is 0 Å². The largest absolute Gasteiger partial charge is 0.467 e. The molecule has 0 bridgehead atoms. The predicted octanol–water partition coefficient (Wildman–Crippen LogP) is -2.80. The average molecular weight is 254 g/mol. The Morgan fingerprint density at radius 3 is 2.72 bits per heavy atom. The zero-order valence-corrected chi connectivity index (χ0v) is 9.60. The number of nitrogens with zero attached hydrogens (tertiary/aromatic N) is 5. The molecule has 10 heteroatoms. The lowest BCUT2D eigenvalue weighted by molar-refractivity contribution is -0.153. The highest BCUT2D eigenvalue weighted by Gasteiger charge is 2.50. The Labute approximate surface area is 101 Å². The number of carbonyl (C=O) groups is 3. The van der Waals surface area contributed by atoms with E-state index in [1.165, 1.54) is 14.0 Å². The van der Waals surface area contributed by atoms with E-state index in [1.807, 2.05) is 0 Å². The Bertz CT molecular complexity index is 486. The second-order valence-electron chi connectivity index (χ2n) is 3.55. The summed E-state index contributed by atoms with van der Waals surface area (Å²) < 4.78 is 4.53. The fourth-order valence-electron chi connectivity index (χ4n) is 1.66. The van der Waals surface area contributed by atoms with E-state index in [0.717, 1.165) is 16.1 Å². The molecule has 0 spiro atoms. The molecule has 2 atom stereocenters. The Balaban J connectivity index is 2.28. The number of tetrazole rings is 1. The molecule has 10 nitrogen and oxygen atoms in total. The summed E-state index contributed by atoms with van der Waals surface area (Å²) >= 11 is 0. The van der Waals surface area contributed by atoms with Gasteiger partial charge in [0.1, 0.15) is 0 Å². The van der Waals surface area contributed by atoms with Crippen LogP contribution in [-0.4, -0.2) is 57.3 Å². The number of hydrogen-bond acceptors (Lipinski definition) is 7. The summed E-state index contributed by atoms with van der Waals surface area (Å²) in [5.41, 5.74) is 0. The molecular formula is C8H10N6O4. The van der Waals surface area contributed by atoms with Crippen LogP contribution in [0.3, 0.4) is 0 Å². The first-order valence-corrected chi connectivity index (χ1v) is 4.97. The Kier molecular flexibility index (Phi) is 2.92. The van der Waals surface area contributed by atoms with E-state index in [0.29, 0.717) is 0 Å². The van der Waals surface area contributed by atoms with E-state index in [2.05, 4.69) is 25.6 Å². The minimum absolute atomic E-state index is 0.476. The van der Waals surface area contributed by atoms with Crippen LogP contribution in [0.4, 0.5) is 0 Å². The van der Waals surface area contributed by atoms with Crippen molar-refractivity contribution >= 4 is 17.8 Å². The fraction of sp³-hybridized carbons (Fsp3) is 0.500. The summed E-state index contributed by atoms with van der Waals surface area (Å²) in [6, 6.07) is -1.94. The molecule has 0 saturated carbocycles. The molecule has 1 aliphatic heterocycles. The minimum atomic E-state index is -1.02. The molecule has 0 aliphatic carbocycles. The molecule has 1 aliphatic rings. The Hall–Kier alpha value is -2.52. The van der Waals surface area contributed by atoms with Gasteiger partial charge in [-0.1, -0.05) is 0 Å². The highest BCUT2D eigenvalue weighted by molar-refractivity contribution is 6.05. The van der Waals surface area contributed by atoms with E-state index in [4.69, 9.17) is 0 Å². The highest BCUT2D eigenvalue weighted by Crippen LogP contribution is 2.14. The van der Waals surface area contributed by atoms with Crippen molar-refractivity contribution in [1.29, 1.82) is 0 Å². The van der Waals surface area contributed by atoms with Crippen molar-refractivity contribution in [3.05, 3.63) is 6.33 Å². The van der Waals surface area contributed by atoms with Gasteiger partial charge in [-0.2, -0.15) is 0 Å². The van der Waals surface area contributed by atoms with Crippen molar-refractivity contribution in [2.45, 2.75) is 19.0 Å². The number of hydrogen-bond donors (Lipinski definition) is 1. The molecule has 2 rings (SSSR count). The van der Waals surface area contributed by atoms with Crippen LogP contribution in [-0.2, 0) is 19.1 Å². The van der Waals surface area contributed by atoms with Crippen molar-refractivity contribution in [2.24, 2.45) is 0 Å². The second kappa shape index (κ2) is 4.39. The molecule has 0 aromatic carbocycles. The van der Waals surface area contributed by atoms with Gasteiger partial charge in [-0.15, -0.1) is 9.89 Å². The molecule has 2 heterocycles. The quantitative estimate of drug-likeness (QED) is 0.457. The summed E-state index contributed by atoms with van der Waals surface area (Å²) in [5, 5.41) is 13.6. The molecule has 0 unspecified atom stereocenters. The molecule has 1 aromatic rings.